The van der Waals surface area contributed by atoms with Crippen molar-refractivity contribution < 1.29 is 9.53 Å². The molecule has 2 aromatic rings. The number of rotatable bonds is 4. The molecule has 0 bridgehead atoms. The molecule has 1 saturated carbocycles. The van der Waals surface area contributed by atoms with Crippen LogP contribution in [0, 0.1) is 20.8 Å². The number of nitrogens with one attached hydrogen (secondary N) is 2. The lowest BCUT2D eigenvalue weighted by Gasteiger charge is -2.29. The van der Waals surface area contributed by atoms with Crippen molar-refractivity contribution in [1.82, 2.24) is 10.3 Å². The minimum absolute atomic E-state index is 0.141. The first-order valence-corrected chi connectivity index (χ1v) is 9.23. The maximum atomic E-state index is 12.2. The van der Waals surface area contributed by atoms with E-state index in [0.29, 0.717) is 5.88 Å². The molecule has 0 saturated heterocycles. The molecule has 138 valence electrons. The molecule has 0 aliphatic heterocycles. The van der Waals surface area contributed by atoms with Crippen molar-refractivity contribution >= 4 is 11.7 Å². The van der Waals surface area contributed by atoms with Crippen molar-refractivity contribution in [1.29, 1.82) is 0 Å². The van der Waals surface area contributed by atoms with Crippen LogP contribution in [0.4, 0.5) is 10.5 Å². The Balaban J connectivity index is 1.43. The van der Waals surface area contributed by atoms with E-state index in [-0.39, 0.29) is 18.2 Å². The fourth-order valence-corrected chi connectivity index (χ4v) is 3.19. The molecule has 0 spiro atoms. The fourth-order valence-electron chi connectivity index (χ4n) is 3.19. The molecule has 0 radical (unpaired) electrons. The molecule has 26 heavy (non-hydrogen) atoms. The van der Waals surface area contributed by atoms with E-state index in [4.69, 9.17) is 4.74 Å². The number of benzene rings is 1. The van der Waals surface area contributed by atoms with E-state index in [0.717, 1.165) is 36.9 Å². The zero-order valence-corrected chi connectivity index (χ0v) is 15.7. The van der Waals surface area contributed by atoms with Gasteiger partial charge in [-0.1, -0.05) is 12.1 Å². The van der Waals surface area contributed by atoms with Gasteiger partial charge in [0, 0.05) is 24.0 Å². The summed E-state index contributed by atoms with van der Waals surface area (Å²) in [6, 6.07) is 9.91. The van der Waals surface area contributed by atoms with E-state index in [1.54, 1.807) is 0 Å². The summed E-state index contributed by atoms with van der Waals surface area (Å²) < 4.78 is 5.94. The fraction of sp³-hybridized carbons (Fsp3) is 0.429. The van der Waals surface area contributed by atoms with Crippen molar-refractivity contribution in [3.63, 3.8) is 0 Å². The van der Waals surface area contributed by atoms with Crippen molar-refractivity contribution in [2.75, 3.05) is 5.32 Å². The Morgan fingerprint density at radius 2 is 1.81 bits per heavy atom. The van der Waals surface area contributed by atoms with Crippen LogP contribution in [-0.2, 0) is 0 Å². The molecule has 1 heterocycles. The second-order valence-corrected chi connectivity index (χ2v) is 7.16. The van der Waals surface area contributed by atoms with Crippen LogP contribution in [-0.4, -0.2) is 23.2 Å². The molecule has 1 aliphatic carbocycles. The van der Waals surface area contributed by atoms with Gasteiger partial charge in [-0.05, 0) is 75.3 Å². The number of ether oxygens (including phenoxy) is 1. The number of aryl methyl sites for hydroxylation is 3. The van der Waals surface area contributed by atoms with Gasteiger partial charge >= 0.3 is 6.03 Å². The number of nitrogens with zero attached hydrogens (tertiary/aromatic N) is 1. The van der Waals surface area contributed by atoms with Crippen LogP contribution in [0.1, 0.15) is 42.4 Å². The third-order valence-electron chi connectivity index (χ3n) is 4.95. The standard InChI is InChI=1S/C21H27N3O2/c1-14-4-11-20(22-13-14)26-19-9-7-17(8-10-19)23-21(25)24-18-6-5-15(2)16(3)12-18/h4-6,11-13,17,19H,7-10H2,1-3H3,(H2,23,24,25). The third kappa shape index (κ3) is 4.97. The molecule has 1 aliphatic rings. The van der Waals surface area contributed by atoms with Gasteiger partial charge in [0.2, 0.25) is 5.88 Å². The van der Waals surface area contributed by atoms with E-state index in [2.05, 4.69) is 22.5 Å². The normalized spacial score (nSPS) is 19.7. The molecule has 2 amide bonds. The second kappa shape index (κ2) is 8.21. The number of carbonyl (C=O) groups is 1. The van der Waals surface area contributed by atoms with Crippen molar-refractivity contribution in [3.8, 4) is 5.88 Å². The van der Waals surface area contributed by atoms with Crippen molar-refractivity contribution in [2.45, 2.75) is 58.6 Å². The van der Waals surface area contributed by atoms with Crippen LogP contribution >= 0.6 is 0 Å². The first-order chi connectivity index (χ1) is 12.5. The van der Waals surface area contributed by atoms with E-state index < -0.39 is 0 Å². The number of anilines is 1. The number of carbonyl (C=O) groups excluding carboxylic acids is 1. The Labute approximate surface area is 155 Å². The van der Waals surface area contributed by atoms with Crippen LogP contribution in [0.2, 0.25) is 0 Å². The summed E-state index contributed by atoms with van der Waals surface area (Å²) in [5, 5.41) is 5.99. The minimum atomic E-state index is -0.141. The highest BCUT2D eigenvalue weighted by atomic mass is 16.5. The molecular formula is C21H27N3O2. The molecule has 2 N–H and O–H groups in total. The summed E-state index contributed by atoms with van der Waals surface area (Å²) in [7, 11) is 0. The van der Waals surface area contributed by atoms with Crippen LogP contribution in [0.5, 0.6) is 5.88 Å². The maximum Gasteiger partial charge on any atom is 0.319 e. The molecular weight excluding hydrogens is 326 g/mol. The summed E-state index contributed by atoms with van der Waals surface area (Å²) in [6.07, 6.45) is 5.66. The average Bonchev–Trinajstić information content (AvgIpc) is 2.62. The highest BCUT2D eigenvalue weighted by molar-refractivity contribution is 5.89. The molecule has 0 atom stereocenters. The van der Waals surface area contributed by atoms with Gasteiger partial charge in [-0.15, -0.1) is 0 Å². The summed E-state index contributed by atoms with van der Waals surface area (Å²) in [5.41, 5.74) is 4.34. The Morgan fingerprint density at radius 1 is 1.04 bits per heavy atom. The molecule has 1 aromatic heterocycles. The van der Waals surface area contributed by atoms with Gasteiger partial charge < -0.3 is 15.4 Å². The topological polar surface area (TPSA) is 63.2 Å². The molecule has 5 heteroatoms. The molecule has 1 fully saturated rings. The number of pyridine rings is 1. The Bertz CT molecular complexity index is 750. The lowest BCUT2D eigenvalue weighted by molar-refractivity contribution is 0.135. The van der Waals surface area contributed by atoms with Gasteiger partial charge in [0.05, 0.1) is 0 Å². The van der Waals surface area contributed by atoms with Gasteiger partial charge in [-0.25, -0.2) is 9.78 Å². The zero-order chi connectivity index (χ0) is 18.5. The quantitative estimate of drug-likeness (QED) is 0.849. The number of amides is 2. The first kappa shape index (κ1) is 18.2. The number of hydrogen-bond acceptors (Lipinski definition) is 3. The maximum absolute atomic E-state index is 12.2. The van der Waals surface area contributed by atoms with E-state index >= 15 is 0 Å². The summed E-state index contributed by atoms with van der Waals surface area (Å²) in [6.45, 7) is 6.12. The smallest absolute Gasteiger partial charge is 0.319 e. The van der Waals surface area contributed by atoms with Crippen LogP contribution < -0.4 is 15.4 Å². The van der Waals surface area contributed by atoms with Gasteiger partial charge in [-0.2, -0.15) is 0 Å². The zero-order valence-electron chi connectivity index (χ0n) is 15.7. The predicted molar refractivity (Wildman–Crippen MR) is 104 cm³/mol. The highest BCUT2D eigenvalue weighted by Crippen LogP contribution is 2.23. The van der Waals surface area contributed by atoms with Crippen LogP contribution in [0.25, 0.3) is 0 Å². The largest absolute Gasteiger partial charge is 0.474 e. The Hall–Kier alpha value is -2.56. The first-order valence-electron chi connectivity index (χ1n) is 9.23. The van der Waals surface area contributed by atoms with Crippen LogP contribution in [0.15, 0.2) is 36.5 Å². The van der Waals surface area contributed by atoms with Gasteiger partial charge in [0.25, 0.3) is 0 Å². The number of hydrogen-bond donors (Lipinski definition) is 2. The van der Waals surface area contributed by atoms with Crippen LogP contribution in [0.3, 0.4) is 0 Å². The predicted octanol–water partition coefficient (Wildman–Crippen LogP) is 4.52. The molecule has 1 aromatic carbocycles. The number of aromatic nitrogens is 1. The molecule has 3 rings (SSSR count). The van der Waals surface area contributed by atoms with Crippen molar-refractivity contribution in [2.24, 2.45) is 0 Å². The van der Waals surface area contributed by atoms with Gasteiger partial charge in [0.15, 0.2) is 0 Å². The van der Waals surface area contributed by atoms with Gasteiger partial charge in [-0.3, -0.25) is 0 Å². The van der Waals surface area contributed by atoms with E-state index in [1.165, 1.54) is 11.1 Å². The van der Waals surface area contributed by atoms with E-state index in [1.807, 2.05) is 50.4 Å². The van der Waals surface area contributed by atoms with Crippen molar-refractivity contribution in [3.05, 3.63) is 53.2 Å². The summed E-state index contributed by atoms with van der Waals surface area (Å²) in [5.74, 6) is 0.680. The third-order valence-corrected chi connectivity index (χ3v) is 4.95. The average molecular weight is 353 g/mol. The monoisotopic (exact) mass is 353 g/mol. The second-order valence-electron chi connectivity index (χ2n) is 7.16. The SMILES string of the molecule is Cc1ccc(OC2CCC(NC(=O)Nc3ccc(C)c(C)c3)CC2)nc1. The van der Waals surface area contributed by atoms with Gasteiger partial charge in [0.1, 0.15) is 6.10 Å². The lowest BCUT2D eigenvalue weighted by Crippen LogP contribution is -2.41. The molecule has 5 nitrogen and oxygen atoms in total. The summed E-state index contributed by atoms with van der Waals surface area (Å²) >= 11 is 0. The Kier molecular flexibility index (Phi) is 5.76. The number of urea groups is 1. The summed E-state index contributed by atoms with van der Waals surface area (Å²) in [4.78, 5) is 16.5. The lowest BCUT2D eigenvalue weighted by atomic mass is 9.93. The Morgan fingerprint density at radius 3 is 2.46 bits per heavy atom. The van der Waals surface area contributed by atoms with E-state index in [9.17, 15) is 4.79 Å². The minimum Gasteiger partial charge on any atom is -0.474 e. The molecule has 0 unspecified atom stereocenters. The highest BCUT2D eigenvalue weighted by Gasteiger charge is 2.24.